The molecule has 0 unspecified atom stereocenters. The molecule has 0 aliphatic heterocycles. The summed E-state index contributed by atoms with van der Waals surface area (Å²) in [5.74, 6) is 1.70. The zero-order valence-electron chi connectivity index (χ0n) is 16.8. The summed E-state index contributed by atoms with van der Waals surface area (Å²) in [7, 11) is 0. The summed E-state index contributed by atoms with van der Waals surface area (Å²) in [6.07, 6.45) is 7.27. The monoisotopic (exact) mass is 451 g/mol. The van der Waals surface area contributed by atoms with Crippen LogP contribution in [0.2, 0.25) is 0 Å². The Kier molecular flexibility index (Phi) is 5.24. The summed E-state index contributed by atoms with van der Waals surface area (Å²) >= 11 is 3.69. The van der Waals surface area contributed by atoms with Gasteiger partial charge < -0.3 is 14.0 Å². The highest BCUT2D eigenvalue weighted by atomic mass is 79.9. The van der Waals surface area contributed by atoms with Crippen LogP contribution >= 0.6 is 15.9 Å². The number of hydrogen-bond donors (Lipinski definition) is 0. The van der Waals surface area contributed by atoms with Crippen molar-refractivity contribution in [3.63, 3.8) is 0 Å². The molecular formula is C22H22BrN5O. The molecule has 29 heavy (non-hydrogen) atoms. The van der Waals surface area contributed by atoms with E-state index in [2.05, 4.69) is 63.0 Å². The molecule has 7 heteroatoms. The normalized spacial score (nSPS) is 11.1. The fourth-order valence-corrected chi connectivity index (χ4v) is 4.07. The fourth-order valence-electron chi connectivity index (χ4n) is 3.56. The lowest BCUT2D eigenvalue weighted by Gasteiger charge is -2.25. The second-order valence-electron chi connectivity index (χ2n) is 6.91. The minimum absolute atomic E-state index is 0.787. The maximum Gasteiger partial charge on any atom is 0.141 e. The van der Waals surface area contributed by atoms with Gasteiger partial charge in [-0.05, 0) is 66.9 Å². The fraction of sp³-hybridized carbons (Fsp3) is 0.227. The molecule has 0 spiro atoms. The molecule has 0 saturated heterocycles. The highest BCUT2D eigenvalue weighted by molar-refractivity contribution is 9.10. The molecule has 1 aromatic carbocycles. The van der Waals surface area contributed by atoms with Gasteiger partial charge in [-0.1, -0.05) is 17.3 Å². The van der Waals surface area contributed by atoms with Crippen LogP contribution in [0.15, 0.2) is 58.2 Å². The molecule has 0 fully saturated rings. The quantitative estimate of drug-likeness (QED) is 0.385. The van der Waals surface area contributed by atoms with Crippen LogP contribution in [0, 0.1) is 20.8 Å². The van der Waals surface area contributed by atoms with Crippen LogP contribution in [-0.4, -0.2) is 26.2 Å². The van der Waals surface area contributed by atoms with Crippen molar-refractivity contribution in [2.75, 3.05) is 11.4 Å². The first-order chi connectivity index (χ1) is 14.0. The van der Waals surface area contributed by atoms with Gasteiger partial charge in [-0.2, -0.15) is 0 Å². The number of rotatable bonds is 5. The minimum atomic E-state index is 0.787. The molecule has 3 aromatic heterocycles. The average Bonchev–Trinajstić information content (AvgIpc) is 3.34. The van der Waals surface area contributed by atoms with Gasteiger partial charge >= 0.3 is 0 Å². The average molecular weight is 452 g/mol. The summed E-state index contributed by atoms with van der Waals surface area (Å²) in [5.41, 5.74) is 6.27. The number of pyridine rings is 1. The maximum absolute atomic E-state index is 5.37. The Morgan fingerprint density at radius 1 is 1.17 bits per heavy atom. The number of halogens is 1. The first-order valence-electron chi connectivity index (χ1n) is 9.45. The summed E-state index contributed by atoms with van der Waals surface area (Å²) in [5, 5.41) is 4.10. The van der Waals surface area contributed by atoms with E-state index >= 15 is 0 Å². The van der Waals surface area contributed by atoms with E-state index in [0.29, 0.717) is 0 Å². The number of benzene rings is 1. The molecule has 4 aromatic rings. The third-order valence-electron chi connectivity index (χ3n) is 5.02. The standard InChI is InChI=1S/C22H22BrN5O/c1-5-28(21-11-18(23)20(12-25-21)27-9-8-24-13-27)19-10-17(7-6-14(19)2)22-15(3)26-29-16(22)4/h6-13H,5H2,1-4H3. The Morgan fingerprint density at radius 3 is 2.62 bits per heavy atom. The molecule has 0 atom stereocenters. The summed E-state index contributed by atoms with van der Waals surface area (Å²) in [6, 6.07) is 8.48. The number of nitrogens with zero attached hydrogens (tertiary/aromatic N) is 5. The van der Waals surface area contributed by atoms with Crippen molar-refractivity contribution in [1.82, 2.24) is 19.7 Å². The van der Waals surface area contributed by atoms with E-state index in [1.165, 1.54) is 5.56 Å². The Labute approximate surface area is 178 Å². The molecule has 0 aliphatic carbocycles. The van der Waals surface area contributed by atoms with Crippen molar-refractivity contribution in [2.24, 2.45) is 0 Å². The van der Waals surface area contributed by atoms with E-state index < -0.39 is 0 Å². The van der Waals surface area contributed by atoms with E-state index in [1.807, 2.05) is 36.9 Å². The van der Waals surface area contributed by atoms with Crippen LogP contribution < -0.4 is 4.90 Å². The summed E-state index contributed by atoms with van der Waals surface area (Å²) < 4.78 is 8.25. The van der Waals surface area contributed by atoms with Crippen molar-refractivity contribution in [3.8, 4) is 16.8 Å². The number of anilines is 2. The second kappa shape index (κ2) is 7.83. The molecule has 0 bridgehead atoms. The third kappa shape index (κ3) is 3.58. The molecule has 0 aliphatic rings. The first kappa shape index (κ1) is 19.4. The second-order valence-corrected chi connectivity index (χ2v) is 7.76. The molecular weight excluding hydrogens is 430 g/mol. The van der Waals surface area contributed by atoms with Gasteiger partial charge in [0.2, 0.25) is 0 Å². The van der Waals surface area contributed by atoms with E-state index in [9.17, 15) is 0 Å². The SMILES string of the molecule is CCN(c1cc(Br)c(-n2ccnc2)cn1)c1cc(-c2c(C)noc2C)ccc1C. The minimum Gasteiger partial charge on any atom is -0.361 e. The van der Waals surface area contributed by atoms with Crippen LogP contribution in [0.3, 0.4) is 0 Å². The van der Waals surface area contributed by atoms with Crippen molar-refractivity contribution in [1.29, 1.82) is 0 Å². The maximum atomic E-state index is 5.37. The molecule has 0 amide bonds. The van der Waals surface area contributed by atoms with Gasteiger partial charge in [-0.15, -0.1) is 0 Å². The Morgan fingerprint density at radius 2 is 2.00 bits per heavy atom. The van der Waals surface area contributed by atoms with Gasteiger partial charge in [0, 0.05) is 34.7 Å². The van der Waals surface area contributed by atoms with E-state index in [-0.39, 0.29) is 0 Å². The van der Waals surface area contributed by atoms with Crippen molar-refractivity contribution in [2.45, 2.75) is 27.7 Å². The van der Waals surface area contributed by atoms with Gasteiger partial charge in [0.05, 0.1) is 23.9 Å². The lowest BCUT2D eigenvalue weighted by molar-refractivity contribution is 0.393. The van der Waals surface area contributed by atoms with Crippen LogP contribution in [0.25, 0.3) is 16.8 Å². The van der Waals surface area contributed by atoms with Gasteiger partial charge in [-0.25, -0.2) is 9.97 Å². The Bertz CT molecular complexity index is 1130. The van der Waals surface area contributed by atoms with Gasteiger partial charge in [0.25, 0.3) is 0 Å². The number of imidazole rings is 1. The molecule has 148 valence electrons. The number of aromatic nitrogens is 4. The zero-order chi connectivity index (χ0) is 20.5. The van der Waals surface area contributed by atoms with E-state index in [1.54, 1.807) is 12.5 Å². The van der Waals surface area contributed by atoms with Crippen LogP contribution in [0.1, 0.15) is 23.9 Å². The first-order valence-corrected chi connectivity index (χ1v) is 10.2. The highest BCUT2D eigenvalue weighted by Crippen LogP contribution is 2.35. The molecule has 3 heterocycles. The summed E-state index contributed by atoms with van der Waals surface area (Å²) in [6.45, 7) is 8.94. The molecule has 4 rings (SSSR count). The highest BCUT2D eigenvalue weighted by Gasteiger charge is 2.17. The lowest BCUT2D eigenvalue weighted by Crippen LogP contribution is -2.18. The van der Waals surface area contributed by atoms with Crippen LogP contribution in [0.5, 0.6) is 0 Å². The number of hydrogen-bond acceptors (Lipinski definition) is 5. The predicted octanol–water partition coefficient (Wildman–Crippen LogP) is 5.77. The van der Waals surface area contributed by atoms with Crippen LogP contribution in [0.4, 0.5) is 11.5 Å². The molecule has 0 N–H and O–H groups in total. The van der Waals surface area contributed by atoms with Crippen molar-refractivity contribution in [3.05, 3.63) is 70.7 Å². The predicted molar refractivity (Wildman–Crippen MR) is 118 cm³/mol. The zero-order valence-corrected chi connectivity index (χ0v) is 18.4. The van der Waals surface area contributed by atoms with Crippen molar-refractivity contribution >= 4 is 27.4 Å². The van der Waals surface area contributed by atoms with Gasteiger partial charge in [0.15, 0.2) is 0 Å². The third-order valence-corrected chi connectivity index (χ3v) is 5.65. The Balaban J connectivity index is 1.77. The van der Waals surface area contributed by atoms with Crippen LogP contribution in [-0.2, 0) is 0 Å². The lowest BCUT2D eigenvalue weighted by atomic mass is 10.0. The topological polar surface area (TPSA) is 60.0 Å². The van der Waals surface area contributed by atoms with E-state index in [4.69, 9.17) is 9.51 Å². The summed E-state index contributed by atoms with van der Waals surface area (Å²) in [4.78, 5) is 11.0. The van der Waals surface area contributed by atoms with E-state index in [0.717, 1.165) is 50.8 Å². The smallest absolute Gasteiger partial charge is 0.141 e. The van der Waals surface area contributed by atoms with Crippen molar-refractivity contribution < 1.29 is 4.52 Å². The number of aryl methyl sites for hydroxylation is 3. The largest absolute Gasteiger partial charge is 0.361 e. The Hall–Kier alpha value is -2.93. The molecule has 0 radical (unpaired) electrons. The molecule has 0 saturated carbocycles. The molecule has 6 nitrogen and oxygen atoms in total. The van der Waals surface area contributed by atoms with Gasteiger partial charge in [-0.3, -0.25) is 0 Å². The van der Waals surface area contributed by atoms with Gasteiger partial charge in [0.1, 0.15) is 11.6 Å².